The third-order valence-electron chi connectivity index (χ3n) is 0.427. The van der Waals surface area contributed by atoms with Crippen LogP contribution in [0.4, 0.5) is 26.5 Å². The van der Waals surface area contributed by atoms with Crippen molar-refractivity contribution < 1.29 is 31.4 Å². The standard InChI is InChI=1S/C2F6O/c3-1(4,5)2(6,7)9-8. The summed E-state index contributed by atoms with van der Waals surface area (Å²) in [5.74, 6) is 0. The second-order valence-electron chi connectivity index (χ2n) is 1.09. The van der Waals surface area contributed by atoms with Gasteiger partial charge in [-0.15, -0.1) is 4.94 Å². The highest BCUT2D eigenvalue weighted by molar-refractivity contribution is 4.60. The van der Waals surface area contributed by atoms with Crippen LogP contribution in [0.2, 0.25) is 0 Å². The van der Waals surface area contributed by atoms with E-state index in [0.717, 1.165) is 0 Å². The third kappa shape index (κ3) is 1.74. The first-order chi connectivity index (χ1) is 3.81. The minimum atomic E-state index is -5.98. The topological polar surface area (TPSA) is 9.23 Å². The Balaban J connectivity index is 4.14. The molecule has 0 aliphatic carbocycles. The molecule has 56 valence electrons. The lowest BCUT2D eigenvalue weighted by molar-refractivity contribution is -0.453. The lowest BCUT2D eigenvalue weighted by atomic mass is 10.6. The summed E-state index contributed by atoms with van der Waals surface area (Å²) in [5.41, 5.74) is 0. The van der Waals surface area contributed by atoms with Gasteiger partial charge in [-0.1, -0.05) is 0 Å². The lowest BCUT2D eigenvalue weighted by Crippen LogP contribution is -2.36. The molecule has 0 atom stereocenters. The van der Waals surface area contributed by atoms with Gasteiger partial charge in [0, 0.05) is 0 Å². The normalized spacial score (nSPS) is 14.0. The zero-order valence-corrected chi connectivity index (χ0v) is 3.68. The molecule has 0 saturated heterocycles. The molecule has 0 aromatic heterocycles. The second kappa shape index (κ2) is 2.05. The van der Waals surface area contributed by atoms with Gasteiger partial charge in [-0.3, -0.25) is 0 Å². The lowest BCUT2D eigenvalue weighted by Gasteiger charge is -2.12. The molecule has 0 aromatic carbocycles. The maximum Gasteiger partial charge on any atom is 0.485 e. The molecule has 0 heterocycles. The summed E-state index contributed by atoms with van der Waals surface area (Å²) in [6.07, 6.45) is -11.7. The highest BCUT2D eigenvalue weighted by atomic mass is 19.4. The van der Waals surface area contributed by atoms with E-state index in [-0.39, 0.29) is 0 Å². The van der Waals surface area contributed by atoms with Crippen molar-refractivity contribution in [2.45, 2.75) is 12.3 Å². The maximum atomic E-state index is 10.9. The van der Waals surface area contributed by atoms with Crippen molar-refractivity contribution in [3.8, 4) is 0 Å². The van der Waals surface area contributed by atoms with Gasteiger partial charge in [0.15, 0.2) is 0 Å². The van der Waals surface area contributed by atoms with E-state index in [2.05, 4.69) is 0 Å². The molecule has 0 saturated carbocycles. The number of alkyl halides is 5. The molecule has 0 rings (SSSR count). The van der Waals surface area contributed by atoms with Crippen LogP contribution in [-0.2, 0) is 4.94 Å². The van der Waals surface area contributed by atoms with Crippen LogP contribution in [-0.4, -0.2) is 12.3 Å². The van der Waals surface area contributed by atoms with Gasteiger partial charge in [0.1, 0.15) is 0 Å². The quantitative estimate of drug-likeness (QED) is 0.525. The Morgan fingerprint density at radius 3 is 1.22 bits per heavy atom. The third-order valence-corrected chi connectivity index (χ3v) is 0.427. The summed E-state index contributed by atoms with van der Waals surface area (Å²) in [6.45, 7) is 0. The van der Waals surface area contributed by atoms with Crippen molar-refractivity contribution in [2.75, 3.05) is 0 Å². The predicted octanol–water partition coefficient (Wildman–Crippen LogP) is 2.04. The fourth-order valence-corrected chi connectivity index (χ4v) is 0.0437. The Hall–Kier alpha value is -0.460. The summed E-state index contributed by atoms with van der Waals surface area (Å²) >= 11 is 0. The van der Waals surface area contributed by atoms with E-state index in [1.165, 1.54) is 4.94 Å². The van der Waals surface area contributed by atoms with Crippen LogP contribution in [0.1, 0.15) is 0 Å². The summed E-state index contributed by atoms with van der Waals surface area (Å²) in [4.78, 5) is 1.34. The Bertz CT molecular complexity index is 93.7. The average Bonchev–Trinajstić information content (AvgIpc) is 1.64. The summed E-state index contributed by atoms with van der Waals surface area (Å²) in [6, 6.07) is 0. The molecular weight excluding hydrogens is 154 g/mol. The van der Waals surface area contributed by atoms with Crippen LogP contribution in [0, 0.1) is 0 Å². The molecule has 0 radical (unpaired) electrons. The summed E-state index contributed by atoms with van der Waals surface area (Å²) in [7, 11) is 0. The zero-order chi connectivity index (χ0) is 7.71. The molecule has 1 nitrogen and oxygen atoms in total. The number of rotatable bonds is 1. The fraction of sp³-hybridized carbons (Fsp3) is 1.00. The average molecular weight is 154 g/mol. The van der Waals surface area contributed by atoms with Gasteiger partial charge in [-0.25, -0.2) is 0 Å². The van der Waals surface area contributed by atoms with Crippen molar-refractivity contribution in [3.63, 3.8) is 0 Å². The van der Waals surface area contributed by atoms with Crippen molar-refractivity contribution in [1.82, 2.24) is 0 Å². The van der Waals surface area contributed by atoms with E-state index < -0.39 is 12.3 Å². The predicted molar refractivity (Wildman–Crippen MR) is 13.2 cm³/mol. The van der Waals surface area contributed by atoms with Gasteiger partial charge in [0.05, 0.1) is 0 Å². The molecule has 0 spiro atoms. The molecule has 0 aliphatic rings. The molecule has 0 amide bonds. The van der Waals surface area contributed by atoms with Gasteiger partial charge >= 0.3 is 12.3 Å². The Labute approximate surface area is 45.1 Å². The van der Waals surface area contributed by atoms with E-state index in [9.17, 15) is 26.5 Å². The highest BCUT2D eigenvalue weighted by Crippen LogP contribution is 2.36. The molecular formula is C2F6O. The largest absolute Gasteiger partial charge is 0.485 e. The van der Waals surface area contributed by atoms with Crippen LogP contribution in [0.3, 0.4) is 0 Å². The monoisotopic (exact) mass is 154 g/mol. The molecule has 0 fully saturated rings. The molecule has 0 aliphatic heterocycles. The Morgan fingerprint density at radius 1 is 0.889 bits per heavy atom. The SMILES string of the molecule is FOC(F)(F)C(F)(F)F. The van der Waals surface area contributed by atoms with Gasteiger partial charge < -0.3 is 0 Å². The summed E-state index contributed by atoms with van der Waals surface area (Å²) in [5, 5.41) is 0. The minimum absolute atomic E-state index is 1.34. The second-order valence-corrected chi connectivity index (χ2v) is 1.09. The van der Waals surface area contributed by atoms with E-state index in [0.29, 0.717) is 0 Å². The molecule has 9 heavy (non-hydrogen) atoms. The van der Waals surface area contributed by atoms with E-state index in [4.69, 9.17) is 0 Å². The fourth-order valence-electron chi connectivity index (χ4n) is 0.0437. The van der Waals surface area contributed by atoms with Gasteiger partial charge in [-0.2, -0.15) is 22.0 Å². The zero-order valence-electron chi connectivity index (χ0n) is 3.68. The Morgan fingerprint density at radius 2 is 1.22 bits per heavy atom. The first-order valence-electron chi connectivity index (χ1n) is 1.55. The first kappa shape index (κ1) is 8.54. The highest BCUT2D eigenvalue weighted by Gasteiger charge is 2.61. The van der Waals surface area contributed by atoms with Crippen molar-refractivity contribution in [2.24, 2.45) is 0 Å². The molecule has 0 bridgehead atoms. The first-order valence-corrected chi connectivity index (χ1v) is 1.55. The minimum Gasteiger partial charge on any atom is -0.164 e. The Kier molecular flexibility index (Phi) is 1.95. The van der Waals surface area contributed by atoms with Gasteiger partial charge in [0.2, 0.25) is 0 Å². The van der Waals surface area contributed by atoms with Crippen LogP contribution in [0.15, 0.2) is 0 Å². The summed E-state index contributed by atoms with van der Waals surface area (Å²) < 4.78 is 64.3. The number of hydrogen-bond donors (Lipinski definition) is 0. The van der Waals surface area contributed by atoms with E-state index in [1.807, 2.05) is 0 Å². The van der Waals surface area contributed by atoms with Crippen LogP contribution in [0.25, 0.3) is 0 Å². The molecule has 7 heteroatoms. The van der Waals surface area contributed by atoms with Gasteiger partial charge in [0.25, 0.3) is 0 Å². The van der Waals surface area contributed by atoms with E-state index >= 15 is 0 Å². The van der Waals surface area contributed by atoms with Crippen molar-refractivity contribution in [3.05, 3.63) is 0 Å². The van der Waals surface area contributed by atoms with Crippen molar-refractivity contribution in [1.29, 1.82) is 0 Å². The van der Waals surface area contributed by atoms with Crippen LogP contribution < -0.4 is 0 Å². The number of hydrogen-bond acceptors (Lipinski definition) is 1. The smallest absolute Gasteiger partial charge is 0.164 e. The van der Waals surface area contributed by atoms with Crippen LogP contribution >= 0.6 is 0 Å². The molecule has 0 N–H and O–H groups in total. The molecule has 0 unspecified atom stereocenters. The van der Waals surface area contributed by atoms with Crippen molar-refractivity contribution >= 4 is 0 Å². The maximum absolute atomic E-state index is 10.9. The van der Waals surface area contributed by atoms with E-state index in [1.54, 1.807) is 0 Å². The van der Waals surface area contributed by atoms with Crippen LogP contribution in [0.5, 0.6) is 0 Å². The molecule has 0 aromatic rings. The van der Waals surface area contributed by atoms with Gasteiger partial charge in [-0.05, 0) is 4.53 Å². The number of halogens is 6.